The minimum Gasteiger partial charge on any atom is -0.508 e. The summed E-state index contributed by atoms with van der Waals surface area (Å²) in [6, 6.07) is -10.8. The lowest BCUT2D eigenvalue weighted by atomic mass is 9.96. The van der Waals surface area contributed by atoms with Crippen LogP contribution in [0.15, 0.2) is 36.0 Å². The maximum Gasteiger partial charge on any atom is 0.328 e. The van der Waals surface area contributed by atoms with Crippen molar-refractivity contribution < 1.29 is 162 Å². The predicted octanol–water partition coefficient (Wildman–Crippen LogP) is -8.24. The number of phenolic OH excluding ortho intramolecular Hbond substituents is 1. The number of nitrogens with one attached hydrogen (secondary N) is 9. The Hall–Kier alpha value is -8.85. The highest BCUT2D eigenvalue weighted by Crippen LogP contribution is 2.31. The van der Waals surface area contributed by atoms with Crippen molar-refractivity contribution in [2.75, 3.05) is 40.0 Å². The van der Waals surface area contributed by atoms with Gasteiger partial charge in [-0.05, 0) is 91.0 Å². The number of nitrogens with zero attached hydrogens (tertiary/aromatic N) is 1. The largest absolute Gasteiger partial charge is 0.508 e. The lowest BCUT2D eigenvalue weighted by molar-refractivity contribution is -0.339. The Labute approximate surface area is 710 Å². The molecule has 4 fully saturated rings. The summed E-state index contributed by atoms with van der Waals surface area (Å²) in [7, 11) is 1.01. The van der Waals surface area contributed by atoms with Crippen molar-refractivity contribution in [1.29, 1.82) is 0 Å². The molecule has 1 aromatic rings. The van der Waals surface area contributed by atoms with E-state index in [0.717, 1.165) is 93.2 Å². The van der Waals surface area contributed by atoms with Crippen molar-refractivity contribution in [3.63, 3.8) is 0 Å². The number of ether oxygens (including phenoxy) is 8. The van der Waals surface area contributed by atoms with Gasteiger partial charge >= 0.3 is 11.9 Å². The molecule has 0 aromatic heterocycles. The molecule has 0 spiro atoms. The molecule has 4 heterocycles. The second-order valence-electron chi connectivity index (χ2n) is 30.9. The van der Waals surface area contributed by atoms with E-state index in [9.17, 15) is 104 Å². The van der Waals surface area contributed by atoms with Crippen LogP contribution in [0.25, 0.3) is 0 Å². The molecule has 25 N–H and O–H groups in total. The maximum atomic E-state index is 15.3. The molecule has 0 bridgehead atoms. The first-order chi connectivity index (χ1) is 58.1. The Morgan fingerprint density at radius 3 is 1.90 bits per heavy atom. The smallest absolute Gasteiger partial charge is 0.328 e. The number of esters is 2. The minimum atomic E-state index is -2.39. The summed E-state index contributed by atoms with van der Waals surface area (Å²) >= 11 is 0. The maximum absolute atomic E-state index is 15.3. The van der Waals surface area contributed by atoms with Gasteiger partial charge in [-0.15, -0.1) is 0 Å². The number of carbonyl (C=O) groups is 13. The number of aliphatic hydroxyl groups is 11. The van der Waals surface area contributed by atoms with Crippen LogP contribution in [-0.4, -0.2) is 348 Å². The lowest BCUT2D eigenvalue weighted by Gasteiger charge is -2.46. The zero-order valence-electron chi connectivity index (χ0n) is 70.4. The zero-order chi connectivity index (χ0) is 91.8. The van der Waals surface area contributed by atoms with Gasteiger partial charge in [0.25, 0.3) is 11.8 Å². The number of aliphatic hydroxyl groups excluding tert-OH is 11. The molecule has 45 nitrogen and oxygen atoms in total. The van der Waals surface area contributed by atoms with Gasteiger partial charge in [-0.25, -0.2) is 4.79 Å². The summed E-state index contributed by atoms with van der Waals surface area (Å²) in [6.07, 6.45) is -30.0. The van der Waals surface area contributed by atoms with E-state index >= 15 is 19.2 Å². The highest BCUT2D eigenvalue weighted by molar-refractivity contribution is 6.02. The number of phenols is 1. The number of primary amides is 1. The number of nitrogens with two attached hydrogens (primary N) is 2. The summed E-state index contributed by atoms with van der Waals surface area (Å²) in [5.41, 5.74) is 10.9. The first-order valence-electron chi connectivity index (χ1n) is 41.1. The summed E-state index contributed by atoms with van der Waals surface area (Å²) in [4.78, 5) is 185. The van der Waals surface area contributed by atoms with Crippen molar-refractivity contribution in [1.82, 2.24) is 52.8 Å². The third-order valence-corrected chi connectivity index (χ3v) is 21.0. The average molecular weight is 1760 g/mol. The Morgan fingerprint density at radius 2 is 1.31 bits per heavy atom. The molecule has 27 atom stereocenters. The number of allylic oxidation sites excluding steroid dienone is 1. The first kappa shape index (κ1) is 105. The molecule has 4 saturated heterocycles. The molecule has 123 heavy (non-hydrogen) atoms. The fraction of sp³-hybridized carbons (Fsp3) is 0.731. The second kappa shape index (κ2) is 51.6. The molecular formula is C78H126N12O33. The van der Waals surface area contributed by atoms with E-state index in [0.29, 0.717) is 17.7 Å². The average Bonchev–Trinajstić information content (AvgIpc) is 0.803. The van der Waals surface area contributed by atoms with E-state index in [1.165, 1.54) is 31.2 Å². The van der Waals surface area contributed by atoms with Gasteiger partial charge in [0.1, 0.15) is 134 Å². The Balaban J connectivity index is 1.63. The first-order valence-corrected chi connectivity index (χ1v) is 41.1. The molecule has 1 aromatic carbocycles. The zero-order valence-corrected chi connectivity index (χ0v) is 70.4. The summed E-state index contributed by atoms with van der Waals surface area (Å²) in [5, 5.41) is 154. The topological polar surface area (TPSA) is 702 Å². The molecular weight excluding hydrogens is 1630 g/mol. The van der Waals surface area contributed by atoms with Gasteiger partial charge in [0.15, 0.2) is 25.0 Å². The Kier molecular flexibility index (Phi) is 43.9. The van der Waals surface area contributed by atoms with Gasteiger partial charge < -0.3 is 163 Å². The van der Waals surface area contributed by atoms with Gasteiger partial charge in [0.05, 0.1) is 44.2 Å². The van der Waals surface area contributed by atoms with Gasteiger partial charge in [-0.1, -0.05) is 82.9 Å². The number of amides is 11. The number of hydrogen-bond acceptors (Lipinski definition) is 34. The Bertz CT molecular complexity index is 3660. The van der Waals surface area contributed by atoms with Crippen molar-refractivity contribution in [2.45, 2.75) is 323 Å². The number of carbonyl (C=O) groups excluding carboxylic acids is 13. The highest BCUT2D eigenvalue weighted by Gasteiger charge is 2.52. The van der Waals surface area contributed by atoms with E-state index in [-0.39, 0.29) is 43.5 Å². The number of hydrogen-bond donors (Lipinski definition) is 23. The predicted molar refractivity (Wildman–Crippen MR) is 424 cm³/mol. The van der Waals surface area contributed by atoms with E-state index in [2.05, 4.69) is 54.8 Å². The van der Waals surface area contributed by atoms with Crippen molar-refractivity contribution >= 4 is 76.9 Å². The molecule has 45 heteroatoms. The van der Waals surface area contributed by atoms with Gasteiger partial charge in [-0.3, -0.25) is 57.5 Å². The van der Waals surface area contributed by atoms with Gasteiger partial charge in [0, 0.05) is 33.7 Å². The van der Waals surface area contributed by atoms with E-state index in [1.807, 2.05) is 0 Å². The molecule has 4 aliphatic heterocycles. The van der Waals surface area contributed by atoms with Gasteiger partial charge in [-0.2, -0.15) is 0 Å². The van der Waals surface area contributed by atoms with Crippen LogP contribution in [0.2, 0.25) is 0 Å². The number of cyclic esters (lactones) is 1. The molecule has 4 aliphatic rings. The summed E-state index contributed by atoms with van der Waals surface area (Å²) in [5.74, 6) is -16.2. The van der Waals surface area contributed by atoms with Crippen molar-refractivity contribution in [2.24, 2.45) is 11.5 Å². The fourth-order valence-electron chi connectivity index (χ4n) is 13.9. The van der Waals surface area contributed by atoms with Crippen LogP contribution < -0.4 is 59.3 Å². The Morgan fingerprint density at radius 1 is 0.683 bits per heavy atom. The third kappa shape index (κ3) is 32.0. The normalized spacial score (nSPS) is 30.8. The monoisotopic (exact) mass is 1760 g/mol. The lowest BCUT2D eigenvalue weighted by Crippen LogP contribution is -2.67. The standard InChI is InChI=1S/C78H126N12O33/c1-10-12-13-14-15-16-17-18-19-23-49(120-77-65(106)66(48(97)34-117-77)123-76-57(82-40(7)94)62(103)59(100)50(33-91)121-76)61(102)74(114)88-55(37(4)93)71(111)89-56-38(5)118-75(115)46(22-20-21-30-79)85-73(113)58(39(6)119-78-64(105)63(104)60(101)51(122-78)35-116-41(8)95)90(9)53(99)32-81-67(107)45(28-29-52(80)98)84-68(108)44(11-2)83-69(109)47(31-42-24-26-43(96)27-25-42)86-70(110)54(36(3)92)87-72(56)112/h11,24-27,36-39,45-51,54-66,76-78,91-93,96-97,100-106H,10,12-23,28-35,79H2,1-9H3,(H2,80,98)(H,81,107)(H,82,94)(H,83,109)(H,84,108)(H,85,113)(H,86,110)(H,87,112)(H,88,114)(H,89,111). The molecule has 27 unspecified atom stereocenters. The highest BCUT2D eigenvalue weighted by atomic mass is 16.7. The number of aromatic hydroxyl groups is 1. The molecule has 696 valence electrons. The van der Waals surface area contributed by atoms with Crippen LogP contribution in [0.1, 0.15) is 157 Å². The number of benzene rings is 1. The van der Waals surface area contributed by atoms with Crippen LogP contribution in [0, 0.1) is 0 Å². The molecule has 5 rings (SSSR count). The van der Waals surface area contributed by atoms with E-state index in [4.69, 9.17) is 49.4 Å². The molecule has 11 amide bonds. The second-order valence-corrected chi connectivity index (χ2v) is 30.9. The third-order valence-electron chi connectivity index (χ3n) is 21.0. The summed E-state index contributed by atoms with van der Waals surface area (Å²) < 4.78 is 46.1. The fourth-order valence-corrected chi connectivity index (χ4v) is 13.9. The number of rotatable bonds is 37. The molecule has 0 radical (unpaired) electrons. The van der Waals surface area contributed by atoms with E-state index in [1.54, 1.807) is 0 Å². The van der Waals surface area contributed by atoms with Crippen molar-refractivity contribution in [3.8, 4) is 5.75 Å². The van der Waals surface area contributed by atoms with Crippen LogP contribution >= 0.6 is 0 Å². The SMILES string of the molecule is CC=C1NC(=O)C(Cc2ccc(O)cc2)NC(=O)C(C(C)O)NC(=O)C(NC(=O)C(NC(=O)C(O)C(CCCCCCCCCCC)OC2OCC(O)C(OC3OC(CO)C(O)C(O)C3NC(C)=O)C2O)C(C)O)C(C)OC(=O)C(CCCCN)NC(=O)C(C(C)OC2OC(COC(C)=O)C(O)C(O)C2O)N(C)C(=O)CNC(=O)C(CCC(N)=O)NC1=O. The van der Waals surface area contributed by atoms with Crippen LogP contribution in [0.3, 0.4) is 0 Å². The quantitative estimate of drug-likeness (QED) is 0.0167. The minimum absolute atomic E-state index is 0.0126. The van der Waals surface area contributed by atoms with Crippen LogP contribution in [0.4, 0.5) is 0 Å². The van der Waals surface area contributed by atoms with E-state index < -0.39 is 300 Å². The van der Waals surface area contributed by atoms with Crippen molar-refractivity contribution in [3.05, 3.63) is 41.6 Å². The van der Waals surface area contributed by atoms with Crippen LogP contribution in [-0.2, 0) is 107 Å². The number of unbranched alkanes of at least 4 members (excludes halogenated alkanes) is 9. The molecule has 0 saturated carbocycles. The van der Waals surface area contributed by atoms with Gasteiger partial charge in [0.2, 0.25) is 53.2 Å². The van der Waals surface area contributed by atoms with Crippen LogP contribution in [0.5, 0.6) is 5.75 Å². The molecule has 0 aliphatic carbocycles. The number of likely N-dealkylation sites (N-methyl/N-ethyl adjacent to an activating group) is 1. The summed E-state index contributed by atoms with van der Waals surface area (Å²) in [6.45, 7) is 6.20.